The number of hydrogen-bond acceptors (Lipinski definition) is 3. The molecule has 0 fully saturated rings. The summed E-state index contributed by atoms with van der Waals surface area (Å²) in [7, 11) is 0. The van der Waals surface area contributed by atoms with Crippen LogP contribution < -0.4 is 5.32 Å². The second-order valence-corrected chi connectivity index (χ2v) is 3.70. The Morgan fingerprint density at radius 2 is 1.80 bits per heavy atom. The highest BCUT2D eigenvalue weighted by Crippen LogP contribution is 2.01. The second kappa shape index (κ2) is 12.0. The van der Waals surface area contributed by atoms with Crippen LogP contribution in [0.15, 0.2) is 0 Å². The van der Waals surface area contributed by atoms with Gasteiger partial charge in [0.05, 0.1) is 19.3 Å². The van der Waals surface area contributed by atoms with Crippen LogP contribution in [0.2, 0.25) is 0 Å². The van der Waals surface area contributed by atoms with Gasteiger partial charge in [-0.2, -0.15) is 0 Å². The van der Waals surface area contributed by atoms with Gasteiger partial charge in [-0.1, -0.05) is 27.2 Å². The molecule has 15 heavy (non-hydrogen) atoms. The van der Waals surface area contributed by atoms with Crippen molar-refractivity contribution in [1.29, 1.82) is 0 Å². The van der Waals surface area contributed by atoms with Gasteiger partial charge in [-0.15, -0.1) is 0 Å². The number of nitrogens with one attached hydrogen (secondary N) is 1. The zero-order valence-electron chi connectivity index (χ0n) is 10.6. The molecule has 0 rings (SSSR count). The third-order valence-corrected chi connectivity index (χ3v) is 2.16. The van der Waals surface area contributed by atoms with E-state index in [1.807, 2.05) is 0 Å². The monoisotopic (exact) mass is 217 g/mol. The van der Waals surface area contributed by atoms with E-state index in [2.05, 4.69) is 26.1 Å². The lowest BCUT2D eigenvalue weighted by Gasteiger charge is -2.17. The van der Waals surface area contributed by atoms with Crippen LogP contribution >= 0.6 is 0 Å². The van der Waals surface area contributed by atoms with Crippen LogP contribution in [0.3, 0.4) is 0 Å². The molecule has 0 amide bonds. The van der Waals surface area contributed by atoms with Gasteiger partial charge in [0, 0.05) is 13.2 Å². The van der Waals surface area contributed by atoms with Gasteiger partial charge in [0.2, 0.25) is 0 Å². The van der Waals surface area contributed by atoms with Gasteiger partial charge in [0.25, 0.3) is 0 Å². The molecule has 0 bridgehead atoms. The van der Waals surface area contributed by atoms with Gasteiger partial charge in [0.15, 0.2) is 0 Å². The average molecular weight is 217 g/mol. The summed E-state index contributed by atoms with van der Waals surface area (Å²) in [6.07, 6.45) is 3.72. The summed E-state index contributed by atoms with van der Waals surface area (Å²) in [5, 5.41) is 3.32. The molecular weight excluding hydrogens is 190 g/mol. The lowest BCUT2D eigenvalue weighted by atomic mass is 10.2. The van der Waals surface area contributed by atoms with Crippen molar-refractivity contribution in [3.8, 4) is 0 Å². The third-order valence-electron chi connectivity index (χ3n) is 2.16. The van der Waals surface area contributed by atoms with Crippen LogP contribution in [0.25, 0.3) is 0 Å². The fraction of sp³-hybridized carbons (Fsp3) is 1.00. The highest BCUT2D eigenvalue weighted by molar-refractivity contribution is 4.60. The van der Waals surface area contributed by atoms with E-state index in [1.165, 1.54) is 6.42 Å². The second-order valence-electron chi connectivity index (χ2n) is 3.70. The maximum atomic E-state index is 5.74. The van der Waals surface area contributed by atoms with E-state index < -0.39 is 0 Å². The molecule has 0 spiro atoms. The first kappa shape index (κ1) is 14.9. The SMILES string of the molecule is CCCOCCOC(CCC)CNCC. The lowest BCUT2D eigenvalue weighted by Crippen LogP contribution is -2.30. The Hall–Kier alpha value is -0.120. The van der Waals surface area contributed by atoms with Crippen molar-refractivity contribution >= 4 is 0 Å². The maximum absolute atomic E-state index is 5.74. The quantitative estimate of drug-likeness (QED) is 0.538. The highest BCUT2D eigenvalue weighted by Gasteiger charge is 2.06. The Kier molecular flexibility index (Phi) is 11.9. The first-order valence-electron chi connectivity index (χ1n) is 6.25. The smallest absolute Gasteiger partial charge is 0.0704 e. The molecule has 0 aromatic heterocycles. The van der Waals surface area contributed by atoms with E-state index in [4.69, 9.17) is 9.47 Å². The van der Waals surface area contributed by atoms with Crippen LogP contribution in [0.1, 0.15) is 40.0 Å². The van der Waals surface area contributed by atoms with Crippen molar-refractivity contribution in [2.24, 2.45) is 0 Å². The molecule has 1 atom stereocenters. The lowest BCUT2D eigenvalue weighted by molar-refractivity contribution is 0.00197. The Balaban J connectivity index is 3.38. The zero-order chi connectivity index (χ0) is 11.4. The summed E-state index contributed by atoms with van der Waals surface area (Å²) < 4.78 is 11.1. The number of likely N-dealkylation sites (N-methyl/N-ethyl adjacent to an activating group) is 1. The standard InChI is InChI=1S/C12H27NO2/c1-4-7-12(11-13-6-3)15-10-9-14-8-5-2/h12-13H,4-11H2,1-3H3. The van der Waals surface area contributed by atoms with Gasteiger partial charge in [0.1, 0.15) is 0 Å². The molecule has 0 saturated carbocycles. The summed E-state index contributed by atoms with van der Waals surface area (Å²) in [4.78, 5) is 0. The largest absolute Gasteiger partial charge is 0.379 e. The van der Waals surface area contributed by atoms with Gasteiger partial charge in [-0.25, -0.2) is 0 Å². The van der Waals surface area contributed by atoms with Gasteiger partial charge in [-0.3, -0.25) is 0 Å². The predicted molar refractivity (Wildman–Crippen MR) is 64.3 cm³/mol. The fourth-order valence-corrected chi connectivity index (χ4v) is 1.39. The van der Waals surface area contributed by atoms with Crippen LogP contribution in [-0.4, -0.2) is 39.0 Å². The van der Waals surface area contributed by atoms with E-state index in [0.717, 1.165) is 45.8 Å². The summed E-state index contributed by atoms with van der Waals surface area (Å²) in [6.45, 7) is 10.7. The first-order valence-corrected chi connectivity index (χ1v) is 6.25. The highest BCUT2D eigenvalue weighted by atomic mass is 16.5. The normalized spacial score (nSPS) is 13.0. The van der Waals surface area contributed by atoms with Crippen molar-refractivity contribution in [3.63, 3.8) is 0 Å². The van der Waals surface area contributed by atoms with E-state index >= 15 is 0 Å². The molecule has 3 heteroatoms. The Bertz CT molecular complexity index is 120. The minimum absolute atomic E-state index is 0.347. The summed E-state index contributed by atoms with van der Waals surface area (Å²) >= 11 is 0. The molecule has 0 aliphatic heterocycles. The minimum Gasteiger partial charge on any atom is -0.379 e. The first-order chi connectivity index (χ1) is 7.35. The van der Waals surface area contributed by atoms with E-state index in [0.29, 0.717) is 6.10 Å². The molecular formula is C12H27NO2. The van der Waals surface area contributed by atoms with Crippen molar-refractivity contribution < 1.29 is 9.47 Å². The van der Waals surface area contributed by atoms with Crippen molar-refractivity contribution in [3.05, 3.63) is 0 Å². The molecule has 3 nitrogen and oxygen atoms in total. The van der Waals surface area contributed by atoms with Crippen LogP contribution in [0.5, 0.6) is 0 Å². The van der Waals surface area contributed by atoms with E-state index in [9.17, 15) is 0 Å². The van der Waals surface area contributed by atoms with Gasteiger partial charge >= 0.3 is 0 Å². The molecule has 92 valence electrons. The van der Waals surface area contributed by atoms with Gasteiger partial charge in [-0.05, 0) is 19.4 Å². The summed E-state index contributed by atoms with van der Waals surface area (Å²) in [5.41, 5.74) is 0. The predicted octanol–water partition coefficient (Wildman–Crippen LogP) is 2.21. The van der Waals surface area contributed by atoms with Gasteiger partial charge < -0.3 is 14.8 Å². The van der Waals surface area contributed by atoms with Crippen molar-refractivity contribution in [1.82, 2.24) is 5.32 Å². The molecule has 1 N–H and O–H groups in total. The molecule has 1 unspecified atom stereocenters. The summed E-state index contributed by atoms with van der Waals surface area (Å²) in [6, 6.07) is 0. The molecule has 0 aromatic carbocycles. The fourth-order valence-electron chi connectivity index (χ4n) is 1.39. The van der Waals surface area contributed by atoms with Crippen molar-refractivity contribution in [2.45, 2.75) is 46.1 Å². The topological polar surface area (TPSA) is 30.5 Å². The molecule has 0 aromatic rings. The maximum Gasteiger partial charge on any atom is 0.0704 e. The van der Waals surface area contributed by atoms with E-state index in [-0.39, 0.29) is 0 Å². The summed E-state index contributed by atoms with van der Waals surface area (Å²) in [5.74, 6) is 0. The minimum atomic E-state index is 0.347. The number of ether oxygens (including phenoxy) is 2. The molecule has 0 aliphatic rings. The Labute approximate surface area is 94.5 Å². The zero-order valence-corrected chi connectivity index (χ0v) is 10.6. The molecule has 0 saturated heterocycles. The molecule has 0 heterocycles. The van der Waals surface area contributed by atoms with Crippen molar-refractivity contribution in [2.75, 3.05) is 32.9 Å². The van der Waals surface area contributed by atoms with Crippen LogP contribution in [-0.2, 0) is 9.47 Å². The number of hydrogen-bond donors (Lipinski definition) is 1. The molecule has 0 radical (unpaired) electrons. The third kappa shape index (κ3) is 10.2. The number of rotatable bonds is 11. The Morgan fingerprint density at radius 1 is 1.00 bits per heavy atom. The van der Waals surface area contributed by atoms with Crippen LogP contribution in [0.4, 0.5) is 0 Å². The van der Waals surface area contributed by atoms with Crippen LogP contribution in [0, 0.1) is 0 Å². The Morgan fingerprint density at radius 3 is 2.40 bits per heavy atom. The molecule has 0 aliphatic carbocycles. The average Bonchev–Trinajstić information content (AvgIpc) is 2.25. The van der Waals surface area contributed by atoms with E-state index in [1.54, 1.807) is 0 Å².